The van der Waals surface area contributed by atoms with Crippen molar-refractivity contribution in [2.24, 2.45) is 0 Å². The molecule has 0 aliphatic rings. The maximum Gasteiger partial charge on any atom is 0.422 e. The lowest BCUT2D eigenvalue weighted by Crippen LogP contribution is -2.27. The van der Waals surface area contributed by atoms with Gasteiger partial charge in [-0.05, 0) is 19.1 Å². The molecule has 1 amide bonds. The summed E-state index contributed by atoms with van der Waals surface area (Å²) >= 11 is 0. The summed E-state index contributed by atoms with van der Waals surface area (Å²) in [6.45, 7) is 0.361. The molecular formula is C17H17F3N2O3. The predicted octanol–water partition coefficient (Wildman–Crippen LogP) is 3.52. The number of carbonyl (C=O) groups excluding carboxylic acids is 1. The molecule has 0 saturated heterocycles. The third kappa shape index (κ3) is 5.37. The van der Waals surface area contributed by atoms with Crippen LogP contribution in [0.4, 0.5) is 13.2 Å². The number of hydrogen-bond acceptors (Lipinski definition) is 4. The Labute approximate surface area is 142 Å². The van der Waals surface area contributed by atoms with E-state index < -0.39 is 18.7 Å². The van der Waals surface area contributed by atoms with Gasteiger partial charge < -0.3 is 14.8 Å². The number of nitrogens with one attached hydrogen (secondary N) is 1. The predicted molar refractivity (Wildman–Crippen MR) is 84.7 cm³/mol. The maximum atomic E-state index is 12.2. The van der Waals surface area contributed by atoms with Crippen LogP contribution in [-0.4, -0.2) is 30.8 Å². The molecule has 25 heavy (non-hydrogen) atoms. The van der Waals surface area contributed by atoms with Crippen molar-refractivity contribution < 1.29 is 27.4 Å². The van der Waals surface area contributed by atoms with Gasteiger partial charge in [-0.25, -0.2) is 4.98 Å². The Morgan fingerprint density at radius 2 is 1.96 bits per heavy atom. The average molecular weight is 354 g/mol. The summed E-state index contributed by atoms with van der Waals surface area (Å²) in [6, 6.07) is 9.50. The number of pyridine rings is 1. The number of alkyl halides is 3. The van der Waals surface area contributed by atoms with Crippen molar-refractivity contribution in [3.63, 3.8) is 0 Å². The smallest absolute Gasteiger partial charge is 0.422 e. The molecule has 8 heteroatoms. The first-order valence-corrected chi connectivity index (χ1v) is 7.39. The first-order valence-electron chi connectivity index (χ1n) is 7.39. The van der Waals surface area contributed by atoms with E-state index in [1.807, 2.05) is 18.2 Å². The summed E-state index contributed by atoms with van der Waals surface area (Å²) in [5.41, 5.74) is 1.01. The van der Waals surface area contributed by atoms with E-state index >= 15 is 0 Å². The van der Waals surface area contributed by atoms with Gasteiger partial charge in [-0.15, -0.1) is 0 Å². The number of benzene rings is 1. The van der Waals surface area contributed by atoms with E-state index in [4.69, 9.17) is 4.74 Å². The zero-order chi connectivity index (χ0) is 18.4. The van der Waals surface area contributed by atoms with Crippen LogP contribution in [0.3, 0.4) is 0 Å². The molecular weight excluding hydrogens is 337 g/mol. The molecule has 0 saturated carbocycles. The Bertz CT molecular complexity index is 718. The van der Waals surface area contributed by atoms with E-state index in [1.165, 1.54) is 19.2 Å². The Hall–Kier alpha value is -2.77. The number of amides is 1. The monoisotopic (exact) mass is 354 g/mol. The van der Waals surface area contributed by atoms with Gasteiger partial charge in [0.2, 0.25) is 5.88 Å². The van der Waals surface area contributed by atoms with Gasteiger partial charge in [0.15, 0.2) is 6.61 Å². The van der Waals surface area contributed by atoms with Gasteiger partial charge in [-0.3, -0.25) is 4.79 Å². The molecule has 1 atom stereocenters. The molecule has 1 aromatic carbocycles. The second kappa shape index (κ2) is 7.87. The van der Waals surface area contributed by atoms with E-state index in [2.05, 4.69) is 15.0 Å². The van der Waals surface area contributed by atoms with Crippen molar-refractivity contribution in [1.82, 2.24) is 10.3 Å². The molecule has 0 bridgehead atoms. The topological polar surface area (TPSA) is 60.5 Å². The molecule has 2 aromatic rings. The molecule has 5 nitrogen and oxygen atoms in total. The molecule has 2 rings (SSSR count). The number of ether oxygens (including phenoxy) is 2. The van der Waals surface area contributed by atoms with Crippen molar-refractivity contribution in [2.45, 2.75) is 19.1 Å². The summed E-state index contributed by atoms with van der Waals surface area (Å²) < 4.78 is 46.0. The lowest BCUT2D eigenvalue weighted by molar-refractivity contribution is -0.154. The molecule has 0 aliphatic carbocycles. The number of methoxy groups -OCH3 is 1. The van der Waals surface area contributed by atoms with Gasteiger partial charge in [0.05, 0.1) is 18.7 Å². The number of para-hydroxylation sites is 1. The molecule has 1 heterocycles. The second-order valence-corrected chi connectivity index (χ2v) is 5.23. The number of hydrogen-bond donors (Lipinski definition) is 1. The molecule has 134 valence electrons. The van der Waals surface area contributed by atoms with Gasteiger partial charge in [0.1, 0.15) is 5.75 Å². The fraction of sp³-hybridized carbons (Fsp3) is 0.294. The maximum absolute atomic E-state index is 12.2. The number of halogens is 3. The van der Waals surface area contributed by atoms with Crippen LogP contribution in [0.1, 0.15) is 28.9 Å². The number of carbonyl (C=O) groups is 1. The summed E-state index contributed by atoms with van der Waals surface area (Å²) in [6.07, 6.45) is -3.28. The molecule has 1 unspecified atom stereocenters. The SMILES string of the molecule is COc1ccccc1C(C)NC(=O)c1ccc(OCC(F)(F)F)nc1. The van der Waals surface area contributed by atoms with E-state index in [1.54, 1.807) is 13.0 Å². The third-order valence-electron chi connectivity index (χ3n) is 3.34. The Morgan fingerprint density at radius 1 is 1.24 bits per heavy atom. The summed E-state index contributed by atoms with van der Waals surface area (Å²) in [5, 5.41) is 2.78. The Morgan fingerprint density at radius 3 is 2.56 bits per heavy atom. The third-order valence-corrected chi connectivity index (χ3v) is 3.34. The lowest BCUT2D eigenvalue weighted by Gasteiger charge is -2.17. The highest BCUT2D eigenvalue weighted by atomic mass is 19.4. The highest BCUT2D eigenvalue weighted by Gasteiger charge is 2.28. The highest BCUT2D eigenvalue weighted by Crippen LogP contribution is 2.24. The molecule has 0 radical (unpaired) electrons. The minimum atomic E-state index is -4.44. The van der Waals surface area contributed by atoms with Crippen LogP contribution in [-0.2, 0) is 0 Å². The van der Waals surface area contributed by atoms with Gasteiger partial charge >= 0.3 is 6.18 Å². The lowest BCUT2D eigenvalue weighted by atomic mass is 10.1. The van der Waals surface area contributed by atoms with Crippen LogP contribution in [0, 0.1) is 0 Å². The zero-order valence-electron chi connectivity index (χ0n) is 13.6. The van der Waals surface area contributed by atoms with Gasteiger partial charge in [0, 0.05) is 17.8 Å². The molecule has 1 aromatic heterocycles. The minimum Gasteiger partial charge on any atom is -0.496 e. The average Bonchev–Trinajstić information content (AvgIpc) is 2.59. The van der Waals surface area contributed by atoms with E-state index in [-0.39, 0.29) is 17.5 Å². The van der Waals surface area contributed by atoms with Crippen LogP contribution in [0.2, 0.25) is 0 Å². The molecule has 0 fully saturated rings. The quantitative estimate of drug-likeness (QED) is 0.862. The van der Waals surface area contributed by atoms with Gasteiger partial charge in [0.25, 0.3) is 5.91 Å². The van der Waals surface area contributed by atoms with Gasteiger partial charge in [-0.1, -0.05) is 18.2 Å². The van der Waals surface area contributed by atoms with Crippen LogP contribution >= 0.6 is 0 Å². The van der Waals surface area contributed by atoms with Crippen molar-refractivity contribution in [3.8, 4) is 11.6 Å². The van der Waals surface area contributed by atoms with E-state index in [9.17, 15) is 18.0 Å². The van der Waals surface area contributed by atoms with Crippen LogP contribution in [0.5, 0.6) is 11.6 Å². The van der Waals surface area contributed by atoms with Crippen molar-refractivity contribution >= 4 is 5.91 Å². The fourth-order valence-corrected chi connectivity index (χ4v) is 2.14. The van der Waals surface area contributed by atoms with E-state index in [0.717, 1.165) is 11.8 Å². The second-order valence-electron chi connectivity index (χ2n) is 5.23. The Kier molecular flexibility index (Phi) is 5.84. The first-order chi connectivity index (χ1) is 11.8. The van der Waals surface area contributed by atoms with Crippen LogP contribution in [0.25, 0.3) is 0 Å². The number of aromatic nitrogens is 1. The summed E-state index contributed by atoms with van der Waals surface area (Å²) in [7, 11) is 1.54. The number of nitrogens with zero attached hydrogens (tertiary/aromatic N) is 1. The van der Waals surface area contributed by atoms with Crippen molar-refractivity contribution in [1.29, 1.82) is 0 Å². The first kappa shape index (κ1) is 18.6. The van der Waals surface area contributed by atoms with Crippen LogP contribution in [0.15, 0.2) is 42.6 Å². The molecule has 1 N–H and O–H groups in total. The Balaban J connectivity index is 2.01. The van der Waals surface area contributed by atoms with E-state index in [0.29, 0.717) is 5.75 Å². The minimum absolute atomic E-state index is 0.202. The fourth-order valence-electron chi connectivity index (χ4n) is 2.14. The summed E-state index contributed by atoms with van der Waals surface area (Å²) in [4.78, 5) is 16.0. The summed E-state index contributed by atoms with van der Waals surface area (Å²) in [5.74, 6) is 0.0317. The normalized spacial score (nSPS) is 12.4. The van der Waals surface area contributed by atoms with Crippen molar-refractivity contribution in [2.75, 3.05) is 13.7 Å². The van der Waals surface area contributed by atoms with Gasteiger partial charge in [-0.2, -0.15) is 13.2 Å². The van der Waals surface area contributed by atoms with Crippen molar-refractivity contribution in [3.05, 3.63) is 53.7 Å². The molecule has 0 aliphatic heterocycles. The standard InChI is InChI=1S/C17H17F3N2O3/c1-11(13-5-3-4-6-14(13)24-2)22-16(23)12-7-8-15(21-9-12)25-10-17(18,19)20/h3-9,11H,10H2,1-2H3,(H,22,23). The van der Waals surface area contributed by atoms with Crippen LogP contribution < -0.4 is 14.8 Å². The zero-order valence-corrected chi connectivity index (χ0v) is 13.6. The highest BCUT2D eigenvalue weighted by molar-refractivity contribution is 5.94. The molecule has 0 spiro atoms. The largest absolute Gasteiger partial charge is 0.496 e. The number of rotatable bonds is 6.